The molecule has 0 aromatic rings. The fraction of sp³-hybridized carbons (Fsp3) is 0.923. The number of ether oxygens (including phenoxy) is 1. The second-order valence-electron chi connectivity index (χ2n) is 5.51. The number of nitrogens with one attached hydrogen (secondary N) is 1. The molecule has 2 bridgehead atoms. The van der Waals surface area contributed by atoms with Crippen molar-refractivity contribution in [3.8, 4) is 0 Å². The average Bonchev–Trinajstić information content (AvgIpc) is 2.94. The molecule has 3 atom stereocenters. The van der Waals surface area contributed by atoms with E-state index in [9.17, 15) is 4.79 Å². The van der Waals surface area contributed by atoms with Crippen LogP contribution in [0, 0.1) is 0 Å². The van der Waals surface area contributed by atoms with Crippen LogP contribution in [0.3, 0.4) is 0 Å². The highest BCUT2D eigenvalue weighted by Gasteiger charge is 2.41. The Morgan fingerprint density at radius 3 is 2.71 bits per heavy atom. The van der Waals surface area contributed by atoms with E-state index in [2.05, 4.69) is 12.2 Å². The molecule has 4 nitrogen and oxygen atoms in total. The first-order chi connectivity index (χ1) is 8.28. The number of carbonyl (C=O) groups excluding carboxylic acids is 1. The summed E-state index contributed by atoms with van der Waals surface area (Å²) in [4.78, 5) is 14.1. The summed E-state index contributed by atoms with van der Waals surface area (Å²) < 4.78 is 5.78. The lowest BCUT2D eigenvalue weighted by Crippen LogP contribution is -2.45. The standard InChI is InChI=1S/C13H22N2O2/c1-2-15(9-3-4-9)13(16)8-14-11-7-10-5-6-12(11)17-10/h9-12,14H,2-8H2,1H3. The van der Waals surface area contributed by atoms with Crippen LogP contribution < -0.4 is 5.32 Å². The summed E-state index contributed by atoms with van der Waals surface area (Å²) in [6.07, 6.45) is 6.67. The van der Waals surface area contributed by atoms with Gasteiger partial charge in [0.15, 0.2) is 0 Å². The molecular weight excluding hydrogens is 216 g/mol. The van der Waals surface area contributed by atoms with E-state index in [1.807, 2.05) is 4.90 Å². The first-order valence-electron chi connectivity index (χ1n) is 6.96. The lowest BCUT2D eigenvalue weighted by atomic mass is 9.95. The van der Waals surface area contributed by atoms with Gasteiger partial charge in [-0.05, 0) is 39.0 Å². The van der Waals surface area contributed by atoms with Gasteiger partial charge in [-0.15, -0.1) is 0 Å². The smallest absolute Gasteiger partial charge is 0.236 e. The zero-order chi connectivity index (χ0) is 11.8. The van der Waals surface area contributed by atoms with E-state index in [0.717, 1.165) is 19.4 Å². The molecule has 4 heteroatoms. The highest BCUT2D eigenvalue weighted by molar-refractivity contribution is 5.78. The van der Waals surface area contributed by atoms with E-state index < -0.39 is 0 Å². The Kier molecular flexibility index (Phi) is 3.09. The van der Waals surface area contributed by atoms with Crippen molar-refractivity contribution in [1.29, 1.82) is 0 Å². The topological polar surface area (TPSA) is 41.6 Å². The second kappa shape index (κ2) is 4.58. The minimum atomic E-state index is 0.262. The van der Waals surface area contributed by atoms with Gasteiger partial charge >= 0.3 is 0 Å². The van der Waals surface area contributed by atoms with Crippen LogP contribution in [-0.2, 0) is 9.53 Å². The normalized spacial score (nSPS) is 35.2. The fourth-order valence-electron chi connectivity index (χ4n) is 3.20. The molecule has 2 saturated heterocycles. The van der Waals surface area contributed by atoms with Crippen LogP contribution in [0.2, 0.25) is 0 Å². The Labute approximate surface area is 103 Å². The number of nitrogens with zero attached hydrogens (tertiary/aromatic N) is 1. The van der Waals surface area contributed by atoms with Crippen molar-refractivity contribution in [3.63, 3.8) is 0 Å². The number of likely N-dealkylation sites (N-methyl/N-ethyl adjacent to an activating group) is 1. The third-order valence-electron chi connectivity index (χ3n) is 4.27. The van der Waals surface area contributed by atoms with Crippen molar-refractivity contribution < 1.29 is 9.53 Å². The van der Waals surface area contributed by atoms with E-state index in [1.54, 1.807) is 0 Å². The first kappa shape index (κ1) is 11.5. The van der Waals surface area contributed by atoms with Crippen LogP contribution in [0.5, 0.6) is 0 Å². The lowest BCUT2D eigenvalue weighted by Gasteiger charge is -2.24. The van der Waals surface area contributed by atoms with Gasteiger partial charge in [0.1, 0.15) is 0 Å². The van der Waals surface area contributed by atoms with Gasteiger partial charge in [-0.3, -0.25) is 4.79 Å². The Bertz CT molecular complexity index is 304. The van der Waals surface area contributed by atoms with Crippen molar-refractivity contribution in [1.82, 2.24) is 10.2 Å². The number of amides is 1. The molecule has 1 saturated carbocycles. The zero-order valence-corrected chi connectivity index (χ0v) is 10.5. The van der Waals surface area contributed by atoms with Gasteiger partial charge in [0.25, 0.3) is 0 Å². The Morgan fingerprint density at radius 2 is 2.18 bits per heavy atom. The van der Waals surface area contributed by atoms with E-state index in [1.165, 1.54) is 19.3 Å². The maximum absolute atomic E-state index is 12.0. The van der Waals surface area contributed by atoms with Crippen LogP contribution in [-0.4, -0.2) is 48.2 Å². The van der Waals surface area contributed by atoms with Crippen molar-refractivity contribution in [2.24, 2.45) is 0 Å². The lowest BCUT2D eigenvalue weighted by molar-refractivity contribution is -0.130. The zero-order valence-electron chi connectivity index (χ0n) is 10.5. The van der Waals surface area contributed by atoms with Crippen molar-refractivity contribution in [2.45, 2.75) is 63.3 Å². The summed E-state index contributed by atoms with van der Waals surface area (Å²) in [7, 11) is 0. The second-order valence-corrected chi connectivity index (χ2v) is 5.51. The van der Waals surface area contributed by atoms with Crippen LogP contribution >= 0.6 is 0 Å². The highest BCUT2D eigenvalue weighted by Crippen LogP contribution is 2.34. The number of hydrogen-bond donors (Lipinski definition) is 1. The molecule has 3 fully saturated rings. The monoisotopic (exact) mass is 238 g/mol. The first-order valence-corrected chi connectivity index (χ1v) is 6.96. The third kappa shape index (κ3) is 2.33. The van der Waals surface area contributed by atoms with Crippen molar-refractivity contribution >= 4 is 5.91 Å². The highest BCUT2D eigenvalue weighted by atomic mass is 16.5. The maximum atomic E-state index is 12.0. The van der Waals surface area contributed by atoms with Gasteiger partial charge in [0.2, 0.25) is 5.91 Å². The predicted octanol–water partition coefficient (Wildman–Crippen LogP) is 0.907. The summed E-state index contributed by atoms with van der Waals surface area (Å²) in [6.45, 7) is 3.40. The van der Waals surface area contributed by atoms with Gasteiger partial charge in [0, 0.05) is 18.6 Å². The maximum Gasteiger partial charge on any atom is 0.236 e. The van der Waals surface area contributed by atoms with Gasteiger partial charge in [-0.1, -0.05) is 0 Å². The van der Waals surface area contributed by atoms with Crippen molar-refractivity contribution in [2.75, 3.05) is 13.1 Å². The fourth-order valence-corrected chi connectivity index (χ4v) is 3.20. The molecule has 1 N–H and O–H groups in total. The number of fused-ring (bicyclic) bond motifs is 2. The molecule has 17 heavy (non-hydrogen) atoms. The Morgan fingerprint density at radius 1 is 1.35 bits per heavy atom. The summed E-state index contributed by atoms with van der Waals surface area (Å²) in [5.41, 5.74) is 0. The van der Waals surface area contributed by atoms with E-state index in [0.29, 0.717) is 30.8 Å². The molecular formula is C13H22N2O2. The summed E-state index contributed by atoms with van der Waals surface area (Å²) >= 11 is 0. The molecule has 2 aliphatic heterocycles. The summed E-state index contributed by atoms with van der Waals surface area (Å²) in [5.74, 6) is 0.262. The Balaban J connectivity index is 1.45. The molecule has 3 aliphatic rings. The van der Waals surface area contributed by atoms with E-state index >= 15 is 0 Å². The molecule has 1 aliphatic carbocycles. The largest absolute Gasteiger partial charge is 0.373 e. The van der Waals surface area contributed by atoms with Crippen LogP contribution in [0.4, 0.5) is 0 Å². The van der Waals surface area contributed by atoms with Gasteiger partial charge in [-0.2, -0.15) is 0 Å². The SMILES string of the molecule is CCN(C(=O)CNC1CC2CCC1O2)C1CC1. The number of hydrogen-bond acceptors (Lipinski definition) is 3. The third-order valence-corrected chi connectivity index (χ3v) is 4.27. The van der Waals surface area contributed by atoms with Crippen LogP contribution in [0.15, 0.2) is 0 Å². The molecule has 96 valence electrons. The number of carbonyl (C=O) groups is 1. The van der Waals surface area contributed by atoms with E-state index in [4.69, 9.17) is 4.74 Å². The van der Waals surface area contributed by atoms with Gasteiger partial charge in [0.05, 0.1) is 18.8 Å². The van der Waals surface area contributed by atoms with Gasteiger partial charge < -0.3 is 15.0 Å². The average molecular weight is 238 g/mol. The minimum Gasteiger partial charge on any atom is -0.373 e. The van der Waals surface area contributed by atoms with Crippen LogP contribution in [0.1, 0.15) is 39.0 Å². The molecule has 0 aromatic carbocycles. The predicted molar refractivity (Wildman–Crippen MR) is 64.7 cm³/mol. The number of rotatable bonds is 5. The van der Waals surface area contributed by atoms with Crippen molar-refractivity contribution in [3.05, 3.63) is 0 Å². The Hall–Kier alpha value is -0.610. The molecule has 0 spiro atoms. The summed E-state index contributed by atoms with van der Waals surface area (Å²) in [6, 6.07) is 0.946. The molecule has 3 rings (SSSR count). The molecule has 3 unspecified atom stereocenters. The van der Waals surface area contributed by atoms with Crippen LogP contribution in [0.25, 0.3) is 0 Å². The summed E-state index contributed by atoms with van der Waals surface area (Å²) in [5, 5.41) is 3.39. The minimum absolute atomic E-state index is 0.262. The quantitative estimate of drug-likeness (QED) is 0.774. The van der Waals surface area contributed by atoms with E-state index in [-0.39, 0.29) is 5.91 Å². The molecule has 2 heterocycles. The van der Waals surface area contributed by atoms with Gasteiger partial charge in [-0.25, -0.2) is 0 Å². The molecule has 0 aromatic heterocycles. The molecule has 1 amide bonds. The molecule has 0 radical (unpaired) electrons.